The molecule has 0 spiro atoms. The molecule has 0 heterocycles. The van der Waals surface area contributed by atoms with Crippen LogP contribution in [0.1, 0.15) is 46.0 Å². The van der Waals surface area contributed by atoms with E-state index < -0.39 is 0 Å². The molecule has 0 saturated carbocycles. The summed E-state index contributed by atoms with van der Waals surface area (Å²) in [5, 5.41) is 4.31. The number of carbonyl (C=O) groups is 1. The molecule has 0 aromatic rings. The number of carbonyl (C=O) groups excluding carboxylic acids is 1. The summed E-state index contributed by atoms with van der Waals surface area (Å²) < 4.78 is 0. The summed E-state index contributed by atoms with van der Waals surface area (Å²) >= 11 is 0. The monoisotopic (exact) mass is 305 g/mol. The van der Waals surface area contributed by atoms with Gasteiger partial charge in [-0.25, -0.2) is 0 Å². The summed E-state index contributed by atoms with van der Waals surface area (Å²) in [7, 11) is 1.79. The molecule has 0 aliphatic rings. The van der Waals surface area contributed by atoms with Gasteiger partial charge in [0, 0.05) is 33.0 Å². The normalized spacial score (nSPS) is 12.5. The number of hydrogen-bond donors (Lipinski definition) is 1. The predicted molar refractivity (Wildman–Crippen MR) is 96.0 cm³/mol. The van der Waals surface area contributed by atoms with Gasteiger partial charge in [-0.2, -0.15) is 5.10 Å². The highest BCUT2D eigenvalue weighted by atomic mass is 16.1. The largest absolute Gasteiger partial charge is 0.359 e. The minimum atomic E-state index is 0.515. The van der Waals surface area contributed by atoms with E-state index in [1.54, 1.807) is 7.05 Å². The van der Waals surface area contributed by atoms with Crippen molar-refractivity contribution in [1.29, 1.82) is 0 Å². The lowest BCUT2D eigenvalue weighted by Gasteiger charge is -2.24. The van der Waals surface area contributed by atoms with Gasteiger partial charge in [0.25, 0.3) is 0 Å². The zero-order valence-corrected chi connectivity index (χ0v) is 14.3. The molecule has 0 radical (unpaired) electrons. The van der Waals surface area contributed by atoms with Gasteiger partial charge in [-0.15, -0.1) is 6.58 Å². The Hall–Kier alpha value is -1.84. The zero-order valence-electron chi connectivity index (χ0n) is 14.3. The van der Waals surface area contributed by atoms with Crippen molar-refractivity contribution in [3.05, 3.63) is 36.5 Å². The molecular weight excluding hydrogens is 274 g/mol. The molecule has 0 fully saturated rings. The molecule has 4 heteroatoms. The quantitative estimate of drug-likeness (QED) is 0.149. The first-order chi connectivity index (χ1) is 10.7. The maximum absolute atomic E-state index is 10.6. The standard InChI is InChI=1S/C18H31N3O/c1-5-8-9-12-17(6-2)13-10-15-21(7-3)18(20-19-4)14-11-16-22/h5-6,9,12,16,19H,1,7-8,10-11,13-15H2,2-4H3/b12-9-,17-6+,20-18-. The van der Waals surface area contributed by atoms with Gasteiger partial charge in [0.15, 0.2) is 0 Å². The number of nitrogens with one attached hydrogen (secondary N) is 1. The maximum atomic E-state index is 10.6. The fourth-order valence-electron chi connectivity index (χ4n) is 2.19. The maximum Gasteiger partial charge on any atom is 0.125 e. The Kier molecular flexibility index (Phi) is 12.9. The zero-order chi connectivity index (χ0) is 16.6. The van der Waals surface area contributed by atoms with Crippen LogP contribution >= 0.6 is 0 Å². The smallest absolute Gasteiger partial charge is 0.125 e. The van der Waals surface area contributed by atoms with Gasteiger partial charge in [-0.3, -0.25) is 0 Å². The van der Waals surface area contributed by atoms with Crippen molar-refractivity contribution in [2.45, 2.75) is 46.0 Å². The van der Waals surface area contributed by atoms with Crippen molar-refractivity contribution in [1.82, 2.24) is 10.3 Å². The van der Waals surface area contributed by atoms with E-state index in [2.05, 4.69) is 54.1 Å². The molecule has 1 N–H and O–H groups in total. The van der Waals surface area contributed by atoms with Crippen LogP contribution in [0.2, 0.25) is 0 Å². The first-order valence-corrected chi connectivity index (χ1v) is 8.07. The van der Waals surface area contributed by atoms with Crippen LogP contribution < -0.4 is 5.43 Å². The average molecular weight is 305 g/mol. The van der Waals surface area contributed by atoms with E-state index in [-0.39, 0.29) is 0 Å². The third-order valence-corrected chi connectivity index (χ3v) is 3.37. The Morgan fingerprint density at radius 1 is 1.36 bits per heavy atom. The van der Waals surface area contributed by atoms with Crippen LogP contribution in [-0.2, 0) is 4.79 Å². The molecule has 0 saturated heterocycles. The molecule has 0 rings (SSSR count). The van der Waals surface area contributed by atoms with E-state index in [9.17, 15) is 4.79 Å². The number of hydrazone groups is 1. The highest BCUT2D eigenvalue weighted by Crippen LogP contribution is 2.10. The molecule has 0 amide bonds. The lowest BCUT2D eigenvalue weighted by molar-refractivity contribution is -0.107. The van der Waals surface area contributed by atoms with Crippen LogP contribution in [0.5, 0.6) is 0 Å². The van der Waals surface area contributed by atoms with Gasteiger partial charge < -0.3 is 15.1 Å². The first kappa shape index (κ1) is 20.2. The third-order valence-electron chi connectivity index (χ3n) is 3.37. The lowest BCUT2D eigenvalue weighted by Crippen LogP contribution is -2.33. The fraction of sp³-hybridized carbons (Fsp3) is 0.556. The van der Waals surface area contributed by atoms with Crippen LogP contribution in [0.15, 0.2) is 41.6 Å². The van der Waals surface area contributed by atoms with Crippen molar-refractivity contribution in [2.24, 2.45) is 5.10 Å². The summed E-state index contributed by atoms with van der Waals surface area (Å²) in [5.41, 5.74) is 4.18. The van der Waals surface area contributed by atoms with Crippen LogP contribution in [0, 0.1) is 0 Å². The molecular formula is C18H31N3O. The second-order valence-electron chi connectivity index (χ2n) is 4.93. The minimum Gasteiger partial charge on any atom is -0.359 e. The number of hydrogen-bond acceptors (Lipinski definition) is 3. The highest BCUT2D eigenvalue weighted by molar-refractivity contribution is 5.83. The van der Waals surface area contributed by atoms with E-state index in [1.165, 1.54) is 5.57 Å². The van der Waals surface area contributed by atoms with Crippen molar-refractivity contribution in [3.8, 4) is 0 Å². The van der Waals surface area contributed by atoms with Crippen LogP contribution in [0.25, 0.3) is 0 Å². The van der Waals surface area contributed by atoms with Gasteiger partial charge in [0.2, 0.25) is 0 Å². The molecule has 4 nitrogen and oxygen atoms in total. The Balaban J connectivity index is 4.45. The fourth-order valence-corrected chi connectivity index (χ4v) is 2.19. The van der Waals surface area contributed by atoms with E-state index >= 15 is 0 Å². The summed E-state index contributed by atoms with van der Waals surface area (Å²) in [6.45, 7) is 9.76. The van der Waals surface area contributed by atoms with E-state index in [0.717, 1.165) is 44.5 Å². The van der Waals surface area contributed by atoms with E-state index in [1.807, 2.05) is 6.08 Å². The number of amidine groups is 1. The summed E-state index contributed by atoms with van der Waals surface area (Å²) in [4.78, 5) is 12.8. The Morgan fingerprint density at radius 2 is 2.14 bits per heavy atom. The number of allylic oxidation sites excluding steroid dienone is 5. The summed E-state index contributed by atoms with van der Waals surface area (Å²) in [5.74, 6) is 0.960. The first-order valence-electron chi connectivity index (χ1n) is 8.07. The molecule has 0 aromatic heterocycles. The van der Waals surface area contributed by atoms with Crippen molar-refractivity contribution in [2.75, 3.05) is 20.1 Å². The summed E-state index contributed by atoms with van der Waals surface area (Å²) in [6, 6.07) is 0. The van der Waals surface area contributed by atoms with Crippen molar-refractivity contribution >= 4 is 12.1 Å². The highest BCUT2D eigenvalue weighted by Gasteiger charge is 2.09. The van der Waals surface area contributed by atoms with Gasteiger partial charge >= 0.3 is 0 Å². The molecule has 0 aromatic carbocycles. The van der Waals surface area contributed by atoms with E-state index in [4.69, 9.17) is 0 Å². The van der Waals surface area contributed by atoms with E-state index in [0.29, 0.717) is 12.8 Å². The third kappa shape index (κ3) is 9.16. The van der Waals surface area contributed by atoms with Gasteiger partial charge in [0.1, 0.15) is 12.1 Å². The van der Waals surface area contributed by atoms with Crippen LogP contribution in [0.4, 0.5) is 0 Å². The van der Waals surface area contributed by atoms with Crippen molar-refractivity contribution < 1.29 is 4.79 Å². The van der Waals surface area contributed by atoms with Gasteiger partial charge in [-0.05, 0) is 33.1 Å². The second-order valence-corrected chi connectivity index (χ2v) is 4.93. The SMILES string of the molecule is C=CC/C=C\C(=C/C)CCCN(CC)/C(CCC=O)=N\NC. The minimum absolute atomic E-state index is 0.515. The number of aldehydes is 1. The molecule has 22 heavy (non-hydrogen) atoms. The Morgan fingerprint density at radius 3 is 2.68 bits per heavy atom. The molecule has 0 unspecified atom stereocenters. The Labute approximate surface area is 135 Å². The molecule has 0 aliphatic carbocycles. The molecule has 124 valence electrons. The van der Waals surface area contributed by atoms with Crippen LogP contribution in [0.3, 0.4) is 0 Å². The number of nitrogens with zero attached hydrogens (tertiary/aromatic N) is 2. The second kappa shape index (κ2) is 14.1. The molecule has 0 atom stereocenters. The van der Waals surface area contributed by atoms with Crippen molar-refractivity contribution in [3.63, 3.8) is 0 Å². The van der Waals surface area contributed by atoms with Gasteiger partial charge in [0.05, 0.1) is 0 Å². The Bertz CT molecular complexity index is 397. The number of rotatable bonds is 12. The average Bonchev–Trinajstić information content (AvgIpc) is 2.54. The topological polar surface area (TPSA) is 44.7 Å². The van der Waals surface area contributed by atoms with Gasteiger partial charge in [-0.1, -0.05) is 29.9 Å². The lowest BCUT2D eigenvalue weighted by atomic mass is 10.1. The molecule has 0 aliphatic heterocycles. The summed E-state index contributed by atoms with van der Waals surface area (Å²) in [6.07, 6.45) is 13.5. The molecule has 0 bridgehead atoms. The predicted octanol–water partition coefficient (Wildman–Crippen LogP) is 3.68. The van der Waals surface area contributed by atoms with Crippen LogP contribution in [-0.4, -0.2) is 37.2 Å².